The monoisotopic (exact) mass is 346 g/mol. The molecule has 134 valence electrons. The fourth-order valence-corrected chi connectivity index (χ4v) is 2.34. The molecule has 0 unspecified atom stereocenters. The van der Waals surface area contributed by atoms with Crippen molar-refractivity contribution in [2.45, 2.75) is 45.8 Å². The van der Waals surface area contributed by atoms with E-state index < -0.39 is 24.3 Å². The number of nitrogens with zero attached hydrogens (tertiary/aromatic N) is 1. The number of aromatic carboxylic acids is 1. The Hall–Kier alpha value is -2.19. The molecule has 0 atom stereocenters. The lowest BCUT2D eigenvalue weighted by Gasteiger charge is -2.32. The molecule has 0 saturated carbocycles. The number of nitrogens with one attached hydrogen (secondary N) is 1. The predicted octanol–water partition coefficient (Wildman–Crippen LogP) is 1.93. The van der Waals surface area contributed by atoms with Crippen molar-refractivity contribution in [2.24, 2.45) is 0 Å². The van der Waals surface area contributed by atoms with Crippen LogP contribution in [0.1, 0.15) is 50.5 Å². The molecule has 1 fully saturated rings. The lowest BCUT2D eigenvalue weighted by molar-refractivity contribution is -0.118. The molecule has 1 aromatic heterocycles. The van der Waals surface area contributed by atoms with Gasteiger partial charge in [0.2, 0.25) is 5.91 Å². The van der Waals surface area contributed by atoms with E-state index in [9.17, 15) is 14.7 Å². The van der Waals surface area contributed by atoms with E-state index in [1.807, 2.05) is 27.7 Å². The second-order valence-corrected chi connectivity index (χ2v) is 6.99. The number of carbonyl (C=O) groups is 2. The van der Waals surface area contributed by atoms with E-state index in [1.54, 1.807) is 6.08 Å². The Morgan fingerprint density at radius 1 is 1.28 bits per heavy atom. The Balaban J connectivity index is 2.41. The molecule has 0 spiro atoms. The van der Waals surface area contributed by atoms with Gasteiger partial charge in [-0.2, -0.15) is 0 Å². The van der Waals surface area contributed by atoms with Gasteiger partial charge in [0.1, 0.15) is 0 Å². The van der Waals surface area contributed by atoms with E-state index in [1.165, 1.54) is 25.4 Å². The molecule has 0 bridgehead atoms. The Labute approximate surface area is 147 Å². The summed E-state index contributed by atoms with van der Waals surface area (Å²) in [5.41, 5.74) is 0.0657. The predicted molar refractivity (Wildman–Crippen MR) is 93.9 cm³/mol. The first kappa shape index (κ1) is 19.1. The summed E-state index contributed by atoms with van der Waals surface area (Å²) in [7, 11) is -0.696. The van der Waals surface area contributed by atoms with Gasteiger partial charge in [0, 0.05) is 31.4 Å². The maximum Gasteiger partial charge on any atom is 0.492 e. The summed E-state index contributed by atoms with van der Waals surface area (Å²) in [6.07, 6.45) is 4.53. The van der Waals surface area contributed by atoms with Crippen molar-refractivity contribution in [2.75, 3.05) is 6.54 Å². The number of hydrogen-bond donors (Lipinski definition) is 2. The molecule has 1 aliphatic heterocycles. The highest BCUT2D eigenvalue weighted by molar-refractivity contribution is 6.56. The molecular weight excluding hydrogens is 323 g/mol. The summed E-state index contributed by atoms with van der Waals surface area (Å²) in [5, 5.41) is 12.1. The number of rotatable bonds is 5. The smallest absolute Gasteiger partial charge is 0.478 e. The molecule has 0 radical (unpaired) electrons. The third-order valence-electron chi connectivity index (χ3n) is 4.52. The standard InChI is InChI=1S/C17H23BN2O5/c1-11(21)20-10-13(18-24-16(2,3)17(4,5)25-18)8-12-9-19-7-6-14(12)15(22)23/h6-9H,10H2,1-5H3,(H,20,21)(H,22,23). The molecule has 1 saturated heterocycles. The van der Waals surface area contributed by atoms with E-state index in [2.05, 4.69) is 10.3 Å². The van der Waals surface area contributed by atoms with Crippen LogP contribution in [0.4, 0.5) is 0 Å². The Morgan fingerprint density at radius 2 is 1.88 bits per heavy atom. The molecule has 1 aromatic rings. The minimum atomic E-state index is -1.05. The normalized spacial score (nSPS) is 18.9. The van der Waals surface area contributed by atoms with Crippen molar-refractivity contribution in [1.29, 1.82) is 0 Å². The van der Waals surface area contributed by atoms with Crippen molar-refractivity contribution in [3.8, 4) is 0 Å². The van der Waals surface area contributed by atoms with Gasteiger partial charge in [-0.15, -0.1) is 0 Å². The zero-order valence-electron chi connectivity index (χ0n) is 15.1. The highest BCUT2D eigenvalue weighted by Gasteiger charge is 2.52. The number of pyridine rings is 1. The van der Waals surface area contributed by atoms with Crippen LogP contribution < -0.4 is 5.32 Å². The maximum atomic E-state index is 11.4. The second kappa shape index (κ2) is 6.97. The molecule has 8 heteroatoms. The lowest BCUT2D eigenvalue weighted by atomic mass is 9.76. The molecule has 2 heterocycles. The minimum Gasteiger partial charge on any atom is -0.478 e. The number of carbonyl (C=O) groups excluding carboxylic acids is 1. The van der Waals surface area contributed by atoms with Gasteiger partial charge in [0.15, 0.2) is 0 Å². The third kappa shape index (κ3) is 4.26. The van der Waals surface area contributed by atoms with Crippen LogP contribution in [0.25, 0.3) is 6.08 Å². The topological polar surface area (TPSA) is 97.8 Å². The van der Waals surface area contributed by atoms with Gasteiger partial charge in [-0.05, 0) is 39.2 Å². The Kier molecular flexibility index (Phi) is 5.34. The summed E-state index contributed by atoms with van der Waals surface area (Å²) < 4.78 is 12.0. The lowest BCUT2D eigenvalue weighted by Crippen LogP contribution is -2.41. The molecule has 0 aliphatic carbocycles. The van der Waals surface area contributed by atoms with Gasteiger partial charge in [-0.1, -0.05) is 6.08 Å². The molecule has 25 heavy (non-hydrogen) atoms. The fraction of sp³-hybridized carbons (Fsp3) is 0.471. The average Bonchev–Trinajstić information content (AvgIpc) is 2.71. The summed E-state index contributed by atoms with van der Waals surface area (Å²) in [4.78, 5) is 26.7. The van der Waals surface area contributed by atoms with Crippen molar-refractivity contribution < 1.29 is 24.0 Å². The van der Waals surface area contributed by atoms with E-state index in [0.717, 1.165) is 0 Å². The zero-order chi connectivity index (χ0) is 18.8. The van der Waals surface area contributed by atoms with Gasteiger partial charge in [-0.3, -0.25) is 9.78 Å². The van der Waals surface area contributed by atoms with Gasteiger partial charge in [0.05, 0.1) is 16.8 Å². The summed E-state index contributed by atoms with van der Waals surface area (Å²) in [5.74, 6) is -1.26. The number of amides is 1. The average molecular weight is 346 g/mol. The Morgan fingerprint density at radius 3 is 2.40 bits per heavy atom. The second-order valence-electron chi connectivity index (χ2n) is 6.99. The van der Waals surface area contributed by atoms with Crippen LogP contribution in [0.2, 0.25) is 0 Å². The molecule has 1 amide bonds. The molecule has 0 aromatic carbocycles. The SMILES string of the molecule is CC(=O)NCC(=Cc1cnccc1C(=O)O)B1OC(C)(C)C(C)(C)O1. The fourth-order valence-electron chi connectivity index (χ4n) is 2.34. The van der Waals surface area contributed by atoms with Gasteiger partial charge in [-0.25, -0.2) is 4.79 Å². The van der Waals surface area contributed by atoms with Crippen LogP contribution in [0.5, 0.6) is 0 Å². The summed E-state index contributed by atoms with van der Waals surface area (Å²) in [6.45, 7) is 9.30. The molecule has 2 rings (SSSR count). The van der Waals surface area contributed by atoms with Gasteiger partial charge in [0.25, 0.3) is 0 Å². The summed E-state index contributed by atoms with van der Waals surface area (Å²) in [6, 6.07) is 1.43. The van der Waals surface area contributed by atoms with Crippen LogP contribution in [-0.2, 0) is 14.1 Å². The van der Waals surface area contributed by atoms with E-state index >= 15 is 0 Å². The van der Waals surface area contributed by atoms with Crippen LogP contribution >= 0.6 is 0 Å². The Bertz CT molecular complexity index is 699. The van der Waals surface area contributed by atoms with E-state index in [-0.39, 0.29) is 18.0 Å². The number of hydrogen-bond acceptors (Lipinski definition) is 5. The van der Waals surface area contributed by atoms with Gasteiger partial charge >= 0.3 is 13.1 Å². The highest BCUT2D eigenvalue weighted by Crippen LogP contribution is 2.38. The molecular formula is C17H23BN2O5. The van der Waals surface area contributed by atoms with E-state index in [0.29, 0.717) is 11.0 Å². The van der Waals surface area contributed by atoms with Crippen molar-refractivity contribution in [1.82, 2.24) is 10.3 Å². The van der Waals surface area contributed by atoms with E-state index in [4.69, 9.17) is 9.31 Å². The van der Waals surface area contributed by atoms with Crippen LogP contribution in [0.15, 0.2) is 23.9 Å². The van der Waals surface area contributed by atoms with Crippen LogP contribution in [-0.4, -0.2) is 46.8 Å². The third-order valence-corrected chi connectivity index (χ3v) is 4.52. The largest absolute Gasteiger partial charge is 0.492 e. The number of carboxylic acid groups (broad SMARTS) is 1. The minimum absolute atomic E-state index is 0.117. The van der Waals surface area contributed by atoms with Crippen LogP contribution in [0.3, 0.4) is 0 Å². The maximum absolute atomic E-state index is 11.4. The highest BCUT2D eigenvalue weighted by atomic mass is 16.7. The first-order valence-corrected chi connectivity index (χ1v) is 8.01. The molecule has 7 nitrogen and oxygen atoms in total. The van der Waals surface area contributed by atoms with Crippen molar-refractivity contribution >= 4 is 25.1 Å². The first-order chi connectivity index (χ1) is 11.5. The van der Waals surface area contributed by atoms with Gasteiger partial charge < -0.3 is 19.7 Å². The first-order valence-electron chi connectivity index (χ1n) is 8.01. The number of carboxylic acids is 1. The summed E-state index contributed by atoms with van der Waals surface area (Å²) >= 11 is 0. The number of aromatic nitrogens is 1. The van der Waals surface area contributed by atoms with Crippen molar-refractivity contribution in [3.05, 3.63) is 35.1 Å². The van der Waals surface area contributed by atoms with Crippen molar-refractivity contribution in [3.63, 3.8) is 0 Å². The van der Waals surface area contributed by atoms with Crippen LogP contribution in [0, 0.1) is 0 Å². The zero-order valence-corrected chi connectivity index (χ0v) is 15.1. The molecule has 2 N–H and O–H groups in total. The quantitative estimate of drug-likeness (QED) is 0.791. The molecule has 1 aliphatic rings.